The molecule has 0 bridgehead atoms. The van der Waals surface area contributed by atoms with E-state index in [1.165, 1.54) is 4.80 Å². The van der Waals surface area contributed by atoms with Gasteiger partial charge in [-0.2, -0.15) is 4.80 Å². The third kappa shape index (κ3) is 3.02. The molecule has 0 saturated heterocycles. The molecule has 0 N–H and O–H groups in total. The van der Waals surface area contributed by atoms with E-state index in [1.807, 2.05) is 30.3 Å². The van der Waals surface area contributed by atoms with Crippen molar-refractivity contribution < 1.29 is 9.42 Å². The number of tetrazole rings is 1. The topological polar surface area (TPSA) is 103 Å². The highest BCUT2D eigenvalue weighted by atomic mass is 16.6. The number of benzene rings is 2. The lowest BCUT2D eigenvalue weighted by Gasteiger charge is -2.17. The van der Waals surface area contributed by atoms with Crippen LogP contribution in [0.2, 0.25) is 0 Å². The molecule has 0 saturated carbocycles. The molecule has 0 unspecified atom stereocenters. The van der Waals surface area contributed by atoms with Gasteiger partial charge in [0, 0.05) is 24.7 Å². The first kappa shape index (κ1) is 15.9. The molecule has 2 aromatic heterocycles. The molecule has 130 valence electrons. The minimum Gasteiger partial charge on any atom is -0.337 e. The van der Waals surface area contributed by atoms with Crippen LogP contribution in [0.1, 0.15) is 15.9 Å². The summed E-state index contributed by atoms with van der Waals surface area (Å²) < 4.78 is 4.69. The molecule has 0 fully saturated rings. The third-order valence-corrected chi connectivity index (χ3v) is 3.98. The number of hydrogen-bond acceptors (Lipinski definition) is 7. The zero-order chi connectivity index (χ0) is 18.1. The van der Waals surface area contributed by atoms with Crippen LogP contribution in [-0.2, 0) is 13.6 Å². The number of rotatable bonds is 4. The largest absolute Gasteiger partial charge is 0.337 e. The molecule has 9 nitrogen and oxygen atoms in total. The van der Waals surface area contributed by atoms with Gasteiger partial charge in [0.05, 0.1) is 7.05 Å². The smallest absolute Gasteiger partial charge is 0.253 e. The van der Waals surface area contributed by atoms with Crippen LogP contribution in [0.4, 0.5) is 0 Å². The normalized spacial score (nSPS) is 11.0. The van der Waals surface area contributed by atoms with Gasteiger partial charge in [-0.15, -0.1) is 10.2 Å². The number of nitrogens with zero attached hydrogens (tertiary/aromatic N) is 7. The predicted octanol–water partition coefficient (Wildman–Crippen LogP) is 1.69. The fraction of sp³-hybridized carbons (Fsp3) is 0.176. The Kier molecular flexibility index (Phi) is 3.88. The van der Waals surface area contributed by atoms with Gasteiger partial charge in [0.2, 0.25) is 5.82 Å². The maximum absolute atomic E-state index is 12.6. The lowest BCUT2D eigenvalue weighted by molar-refractivity contribution is 0.0785. The van der Waals surface area contributed by atoms with E-state index in [-0.39, 0.29) is 5.91 Å². The Morgan fingerprint density at radius 1 is 1.12 bits per heavy atom. The van der Waals surface area contributed by atoms with Crippen LogP contribution in [0, 0.1) is 0 Å². The summed E-state index contributed by atoms with van der Waals surface area (Å²) in [6, 6.07) is 12.7. The molecule has 2 aromatic carbocycles. The zero-order valence-corrected chi connectivity index (χ0v) is 14.2. The van der Waals surface area contributed by atoms with Crippen molar-refractivity contribution in [1.29, 1.82) is 0 Å². The zero-order valence-electron chi connectivity index (χ0n) is 14.2. The monoisotopic (exact) mass is 349 g/mol. The Labute approximate surface area is 148 Å². The van der Waals surface area contributed by atoms with Gasteiger partial charge in [0.1, 0.15) is 11.0 Å². The average molecular weight is 349 g/mol. The number of aryl methyl sites for hydroxylation is 1. The Bertz CT molecular complexity index is 1070. The van der Waals surface area contributed by atoms with Crippen LogP contribution in [-0.4, -0.2) is 48.4 Å². The molecular formula is C17H15N7O2. The van der Waals surface area contributed by atoms with Crippen molar-refractivity contribution in [3.8, 4) is 11.4 Å². The van der Waals surface area contributed by atoms with Crippen molar-refractivity contribution in [2.75, 3.05) is 7.05 Å². The highest BCUT2D eigenvalue weighted by Crippen LogP contribution is 2.17. The lowest BCUT2D eigenvalue weighted by Crippen LogP contribution is -2.26. The van der Waals surface area contributed by atoms with E-state index < -0.39 is 0 Å². The molecule has 9 heteroatoms. The van der Waals surface area contributed by atoms with Gasteiger partial charge >= 0.3 is 0 Å². The predicted molar refractivity (Wildman–Crippen MR) is 91.8 cm³/mol. The number of carbonyl (C=O) groups is 1. The van der Waals surface area contributed by atoms with Crippen molar-refractivity contribution in [2.24, 2.45) is 7.05 Å². The highest BCUT2D eigenvalue weighted by Gasteiger charge is 2.14. The van der Waals surface area contributed by atoms with Crippen LogP contribution in [0.15, 0.2) is 47.1 Å². The summed E-state index contributed by atoms with van der Waals surface area (Å²) in [5.41, 5.74) is 3.70. The molecule has 0 aliphatic carbocycles. The first-order valence-corrected chi connectivity index (χ1v) is 7.91. The Hall–Kier alpha value is -3.62. The Balaban J connectivity index is 1.49. The van der Waals surface area contributed by atoms with Gasteiger partial charge in [0.25, 0.3) is 5.91 Å². The highest BCUT2D eigenvalue weighted by molar-refractivity contribution is 5.94. The van der Waals surface area contributed by atoms with Crippen molar-refractivity contribution >= 4 is 16.9 Å². The summed E-state index contributed by atoms with van der Waals surface area (Å²) in [6.07, 6.45) is 0. The fourth-order valence-electron chi connectivity index (χ4n) is 2.65. The maximum Gasteiger partial charge on any atom is 0.253 e. The summed E-state index contributed by atoms with van der Waals surface area (Å²) in [4.78, 5) is 15.7. The van der Waals surface area contributed by atoms with E-state index in [0.29, 0.717) is 29.0 Å². The van der Waals surface area contributed by atoms with Crippen LogP contribution in [0.25, 0.3) is 22.4 Å². The van der Waals surface area contributed by atoms with Gasteiger partial charge in [-0.05, 0) is 45.4 Å². The summed E-state index contributed by atoms with van der Waals surface area (Å²) in [6.45, 7) is 0.453. The van der Waals surface area contributed by atoms with Crippen molar-refractivity contribution in [1.82, 2.24) is 35.4 Å². The lowest BCUT2D eigenvalue weighted by atomic mass is 10.1. The summed E-state index contributed by atoms with van der Waals surface area (Å²) in [5.74, 6) is 0.441. The molecule has 0 aliphatic rings. The minimum absolute atomic E-state index is 0.0815. The number of fused-ring (bicyclic) bond motifs is 1. The van der Waals surface area contributed by atoms with Gasteiger partial charge < -0.3 is 4.90 Å². The Morgan fingerprint density at radius 2 is 1.88 bits per heavy atom. The second kappa shape index (κ2) is 6.36. The number of carbonyl (C=O) groups excluding carboxylic acids is 1. The van der Waals surface area contributed by atoms with E-state index in [0.717, 1.165) is 11.1 Å². The molecule has 0 aliphatic heterocycles. The van der Waals surface area contributed by atoms with Gasteiger partial charge in [0.15, 0.2) is 0 Å². The van der Waals surface area contributed by atoms with Gasteiger partial charge in [-0.1, -0.05) is 18.2 Å². The summed E-state index contributed by atoms with van der Waals surface area (Å²) in [7, 11) is 3.46. The molecule has 0 spiro atoms. The van der Waals surface area contributed by atoms with Crippen molar-refractivity contribution in [2.45, 2.75) is 6.54 Å². The number of hydrogen-bond donors (Lipinski definition) is 0. The third-order valence-electron chi connectivity index (χ3n) is 3.98. The number of amides is 1. The molecular weight excluding hydrogens is 334 g/mol. The standard InChI is InChI=1S/C17H15N7O2/c1-23(10-11-3-8-14-15(9-11)21-26-20-14)17(25)13-6-4-12(5-7-13)16-18-22-24(2)19-16/h3-9H,10H2,1-2H3. The van der Waals surface area contributed by atoms with Crippen molar-refractivity contribution in [3.63, 3.8) is 0 Å². The molecule has 4 aromatic rings. The maximum atomic E-state index is 12.6. The van der Waals surface area contributed by atoms with E-state index in [2.05, 4.69) is 25.7 Å². The van der Waals surface area contributed by atoms with Crippen LogP contribution in [0.3, 0.4) is 0 Å². The minimum atomic E-state index is -0.0815. The second-order valence-corrected chi connectivity index (χ2v) is 5.93. The molecule has 2 heterocycles. The first-order chi connectivity index (χ1) is 12.6. The van der Waals surface area contributed by atoms with E-state index in [9.17, 15) is 4.79 Å². The quantitative estimate of drug-likeness (QED) is 0.552. The summed E-state index contributed by atoms with van der Waals surface area (Å²) in [5, 5.41) is 19.5. The van der Waals surface area contributed by atoms with Crippen LogP contribution >= 0.6 is 0 Å². The van der Waals surface area contributed by atoms with Crippen molar-refractivity contribution in [3.05, 3.63) is 53.6 Å². The second-order valence-electron chi connectivity index (χ2n) is 5.93. The number of aromatic nitrogens is 6. The Morgan fingerprint density at radius 3 is 2.62 bits per heavy atom. The molecule has 26 heavy (non-hydrogen) atoms. The van der Waals surface area contributed by atoms with E-state index >= 15 is 0 Å². The molecule has 0 radical (unpaired) electrons. The van der Waals surface area contributed by atoms with Crippen LogP contribution < -0.4 is 0 Å². The molecule has 4 rings (SSSR count). The summed E-state index contributed by atoms with van der Waals surface area (Å²) >= 11 is 0. The molecule has 0 atom stereocenters. The SMILES string of the molecule is CN(Cc1ccc2nonc2c1)C(=O)c1ccc(-c2nnn(C)n2)cc1. The van der Waals surface area contributed by atoms with Gasteiger partial charge in [-0.3, -0.25) is 4.79 Å². The first-order valence-electron chi connectivity index (χ1n) is 7.91. The molecule has 1 amide bonds. The fourth-order valence-corrected chi connectivity index (χ4v) is 2.65. The van der Waals surface area contributed by atoms with Gasteiger partial charge in [-0.25, -0.2) is 4.63 Å². The van der Waals surface area contributed by atoms with E-state index in [1.54, 1.807) is 31.1 Å². The van der Waals surface area contributed by atoms with E-state index in [4.69, 9.17) is 4.63 Å². The average Bonchev–Trinajstić information content (AvgIpc) is 3.29. The van der Waals surface area contributed by atoms with Crippen LogP contribution in [0.5, 0.6) is 0 Å².